The molecule has 0 aromatic carbocycles. The summed E-state index contributed by atoms with van der Waals surface area (Å²) in [5, 5.41) is 26.9. The van der Waals surface area contributed by atoms with Gasteiger partial charge in [-0.3, -0.25) is 10.3 Å². The molecule has 0 radical (unpaired) electrons. The number of fused-ring (bicyclic) bond motifs is 3. The van der Waals surface area contributed by atoms with Gasteiger partial charge in [0.2, 0.25) is 0 Å². The highest BCUT2D eigenvalue weighted by molar-refractivity contribution is 6.33. The van der Waals surface area contributed by atoms with E-state index in [4.69, 9.17) is 28.6 Å². The molecule has 36 heavy (non-hydrogen) atoms. The van der Waals surface area contributed by atoms with Crippen LogP contribution in [-0.4, -0.2) is 61.5 Å². The van der Waals surface area contributed by atoms with E-state index in [1.54, 1.807) is 0 Å². The van der Waals surface area contributed by atoms with Crippen LogP contribution in [-0.2, 0) is 5.41 Å². The van der Waals surface area contributed by atoms with Crippen molar-refractivity contribution in [1.29, 1.82) is 5.41 Å². The van der Waals surface area contributed by atoms with E-state index in [2.05, 4.69) is 30.9 Å². The highest BCUT2D eigenvalue weighted by atomic mass is 35.5. The summed E-state index contributed by atoms with van der Waals surface area (Å²) in [7, 11) is 0. The summed E-state index contributed by atoms with van der Waals surface area (Å²) >= 11 is 12.1. The van der Waals surface area contributed by atoms with Crippen LogP contribution in [0.2, 0.25) is 10.2 Å². The van der Waals surface area contributed by atoms with Crippen molar-refractivity contribution in [3.63, 3.8) is 0 Å². The molecular weight excluding hydrogens is 526 g/mol. The second-order valence-corrected chi connectivity index (χ2v) is 8.89. The minimum Gasteiger partial charge on any atom is -0.387 e. The highest BCUT2D eigenvalue weighted by Crippen LogP contribution is 2.50. The number of urea groups is 1. The first-order chi connectivity index (χ1) is 16.9. The largest absolute Gasteiger partial charge is 0.401 e. The zero-order valence-corrected chi connectivity index (χ0v) is 20.1. The van der Waals surface area contributed by atoms with E-state index in [9.17, 15) is 23.1 Å². The van der Waals surface area contributed by atoms with Crippen molar-refractivity contribution in [3.05, 3.63) is 40.4 Å². The molecule has 0 bridgehead atoms. The number of hydrogen-bond acceptors (Lipinski definition) is 8. The van der Waals surface area contributed by atoms with Gasteiger partial charge in [0, 0.05) is 18.8 Å². The maximum atomic E-state index is 14.2. The molecule has 1 aliphatic heterocycles. The monoisotopic (exact) mass is 543 g/mol. The number of carbonyl (C=O) groups excluding carboxylic acids is 1. The molecule has 0 unspecified atom stereocenters. The Bertz CT molecular complexity index is 1390. The zero-order valence-electron chi connectivity index (χ0n) is 18.6. The van der Waals surface area contributed by atoms with Crippen LogP contribution in [0.1, 0.15) is 19.5 Å². The van der Waals surface area contributed by atoms with E-state index in [1.807, 2.05) is 0 Å². The van der Waals surface area contributed by atoms with E-state index in [0.717, 1.165) is 22.6 Å². The second kappa shape index (κ2) is 9.19. The van der Waals surface area contributed by atoms with Gasteiger partial charge in [0.15, 0.2) is 16.6 Å². The lowest BCUT2D eigenvalue weighted by Gasteiger charge is -2.28. The van der Waals surface area contributed by atoms with Gasteiger partial charge in [-0.2, -0.15) is 23.4 Å². The van der Waals surface area contributed by atoms with Gasteiger partial charge in [-0.25, -0.2) is 19.3 Å². The van der Waals surface area contributed by atoms with Crippen molar-refractivity contribution in [2.24, 2.45) is 5.10 Å². The molecule has 0 saturated heterocycles. The number of aromatic nitrogens is 4. The number of pyridine rings is 1. The third-order valence-corrected chi connectivity index (χ3v) is 6.02. The van der Waals surface area contributed by atoms with Crippen LogP contribution in [0.3, 0.4) is 0 Å². The molecule has 0 fully saturated rings. The molecule has 2 atom stereocenters. The van der Waals surface area contributed by atoms with Crippen molar-refractivity contribution < 1.29 is 23.1 Å². The quantitative estimate of drug-likeness (QED) is 0.281. The fourth-order valence-corrected chi connectivity index (χ4v) is 4.02. The van der Waals surface area contributed by atoms with E-state index in [0.29, 0.717) is 0 Å². The Morgan fingerprint density at radius 3 is 2.67 bits per heavy atom. The van der Waals surface area contributed by atoms with Crippen molar-refractivity contribution >= 4 is 64.0 Å². The Kier molecular flexibility index (Phi) is 6.53. The fourth-order valence-electron chi connectivity index (χ4n) is 3.64. The molecule has 190 valence electrons. The number of nitrogens with zero attached hydrogens (tertiary/aromatic N) is 6. The lowest BCUT2D eigenvalue weighted by Crippen LogP contribution is -2.46. The minimum atomic E-state index is -4.72. The van der Waals surface area contributed by atoms with Crippen LogP contribution < -0.4 is 15.6 Å². The summed E-state index contributed by atoms with van der Waals surface area (Å²) in [6, 6.07) is 1.76. The van der Waals surface area contributed by atoms with E-state index < -0.39 is 30.3 Å². The van der Waals surface area contributed by atoms with Gasteiger partial charge in [-0.05, 0) is 19.9 Å². The maximum absolute atomic E-state index is 14.2. The van der Waals surface area contributed by atoms with Gasteiger partial charge < -0.3 is 15.8 Å². The number of hydrogen-bond donors (Lipinski definition) is 4. The minimum absolute atomic E-state index is 0.0167. The third-order valence-electron chi connectivity index (χ3n) is 5.55. The van der Waals surface area contributed by atoms with Crippen molar-refractivity contribution in [2.45, 2.75) is 31.5 Å². The first kappa shape index (κ1) is 25.6. The maximum Gasteiger partial charge on any atom is 0.401 e. The standard InChI is InChI=1S/C20H18Cl2F3N9O2/c1-9(35)12(5-26)30-31-17-11(21)3-10(6-28-17)29-18(36)33-8-19(2,20(23,24)25)16-13(33)7-27-15-4-14(22)32-34(15)16/h3-7,9,26,35H,8H2,1-2H3,(H,28,31)(H,29,36)/b26-5?,30-12+/t9-,19+/m0/s1. The molecule has 16 heteroatoms. The number of amides is 2. The third kappa shape index (κ3) is 4.42. The molecule has 4 N–H and O–H groups in total. The molecule has 0 saturated carbocycles. The normalized spacial score (nSPS) is 18.8. The zero-order chi connectivity index (χ0) is 26.4. The first-order valence-corrected chi connectivity index (χ1v) is 11.0. The highest BCUT2D eigenvalue weighted by Gasteiger charge is 2.60. The Morgan fingerprint density at radius 2 is 2.06 bits per heavy atom. The lowest BCUT2D eigenvalue weighted by molar-refractivity contribution is -0.181. The predicted molar refractivity (Wildman–Crippen MR) is 129 cm³/mol. The SMILES string of the molecule is C[C@H](O)/C(C=N)=N/Nc1ncc(NC(=O)N2C[C@@](C)(C(F)(F)F)c3c2cnc2cc(Cl)nn32)cc1Cl. The summed E-state index contributed by atoms with van der Waals surface area (Å²) in [5.41, 5.74) is -0.0717. The van der Waals surface area contributed by atoms with Gasteiger partial charge in [0.25, 0.3) is 0 Å². The average molecular weight is 544 g/mol. The van der Waals surface area contributed by atoms with Crippen LogP contribution in [0.5, 0.6) is 0 Å². The van der Waals surface area contributed by atoms with Crippen molar-refractivity contribution in [2.75, 3.05) is 22.2 Å². The van der Waals surface area contributed by atoms with Gasteiger partial charge in [0.1, 0.15) is 11.1 Å². The Hall–Kier alpha value is -3.49. The average Bonchev–Trinajstić information content (AvgIpc) is 3.32. The number of rotatable bonds is 5. The number of aliphatic hydroxyl groups is 1. The Morgan fingerprint density at radius 1 is 1.33 bits per heavy atom. The van der Waals surface area contributed by atoms with E-state index >= 15 is 0 Å². The molecular formula is C20H18Cl2F3N9O2. The predicted octanol–water partition coefficient (Wildman–Crippen LogP) is 4.10. The molecule has 3 aromatic rings. The molecule has 4 rings (SSSR count). The summed E-state index contributed by atoms with van der Waals surface area (Å²) < 4.78 is 43.6. The molecule has 3 aromatic heterocycles. The van der Waals surface area contributed by atoms with Crippen LogP contribution in [0.25, 0.3) is 5.65 Å². The molecule has 1 aliphatic rings. The van der Waals surface area contributed by atoms with E-state index in [-0.39, 0.29) is 44.4 Å². The van der Waals surface area contributed by atoms with Gasteiger partial charge in [-0.15, -0.1) is 0 Å². The number of carbonyl (C=O) groups is 1. The Labute approximate surface area is 211 Å². The molecule has 4 heterocycles. The van der Waals surface area contributed by atoms with E-state index in [1.165, 1.54) is 31.5 Å². The molecule has 2 amide bonds. The van der Waals surface area contributed by atoms with Crippen molar-refractivity contribution in [3.8, 4) is 0 Å². The molecule has 0 spiro atoms. The van der Waals surface area contributed by atoms with Crippen LogP contribution in [0, 0.1) is 5.41 Å². The van der Waals surface area contributed by atoms with Gasteiger partial charge >= 0.3 is 12.2 Å². The summed E-state index contributed by atoms with van der Waals surface area (Å²) in [4.78, 5) is 22.1. The number of hydrazone groups is 1. The van der Waals surface area contributed by atoms with Crippen molar-refractivity contribution in [1.82, 2.24) is 19.6 Å². The summed E-state index contributed by atoms with van der Waals surface area (Å²) in [5.74, 6) is 0.0629. The van der Waals surface area contributed by atoms with Gasteiger partial charge in [0.05, 0.1) is 40.6 Å². The topological polar surface area (TPSA) is 144 Å². The molecule has 11 nitrogen and oxygen atoms in total. The van der Waals surface area contributed by atoms with Crippen LogP contribution in [0.4, 0.5) is 35.2 Å². The smallest absolute Gasteiger partial charge is 0.387 e. The summed E-state index contributed by atoms with van der Waals surface area (Å²) in [6.45, 7) is 1.67. The fraction of sp³-hybridized carbons (Fsp3) is 0.300. The number of nitrogens with one attached hydrogen (secondary N) is 3. The van der Waals surface area contributed by atoms with Gasteiger partial charge in [-0.1, -0.05) is 23.2 Å². The Balaban J connectivity index is 1.63. The first-order valence-electron chi connectivity index (χ1n) is 10.2. The number of aliphatic hydroxyl groups excluding tert-OH is 1. The number of halogens is 5. The second-order valence-electron chi connectivity index (χ2n) is 8.10. The number of anilines is 3. The van der Waals surface area contributed by atoms with Crippen LogP contribution >= 0.6 is 23.2 Å². The number of alkyl halides is 3. The summed E-state index contributed by atoms with van der Waals surface area (Å²) in [6.07, 6.45) is -2.50. The lowest BCUT2D eigenvalue weighted by atomic mass is 9.88. The van der Waals surface area contributed by atoms with Crippen LogP contribution in [0.15, 0.2) is 29.6 Å². The molecule has 0 aliphatic carbocycles.